The van der Waals surface area contributed by atoms with Gasteiger partial charge in [-0.25, -0.2) is 0 Å². The van der Waals surface area contributed by atoms with Gasteiger partial charge >= 0.3 is 0 Å². The number of amides is 1. The average molecular weight is 340 g/mol. The summed E-state index contributed by atoms with van der Waals surface area (Å²) in [5.41, 5.74) is -0.458. The Hall–Kier alpha value is -1.14. The number of rotatable bonds is 3. The largest absolute Gasteiger partial charge is 0.396 e. The number of hydrogen-bond donors (Lipinski definition) is 2. The van der Waals surface area contributed by atoms with Crippen molar-refractivity contribution in [1.29, 1.82) is 0 Å². The monoisotopic (exact) mass is 339 g/mol. The first-order valence-corrected chi connectivity index (χ1v) is 8.48. The number of likely N-dealkylation sites (tertiary alicyclic amines) is 1. The normalized spacial score (nSPS) is 17.9. The van der Waals surface area contributed by atoms with E-state index in [-0.39, 0.29) is 19.1 Å². The smallest absolute Gasteiger partial charge is 0.265 e. The molecule has 1 aliphatic heterocycles. The molecule has 1 aromatic carbocycles. The van der Waals surface area contributed by atoms with Crippen molar-refractivity contribution >= 4 is 38.9 Å². The first kappa shape index (κ1) is 15.7. The number of aliphatic hydroxyl groups is 2. The van der Waals surface area contributed by atoms with E-state index >= 15 is 0 Å². The maximum absolute atomic E-state index is 12.7. The van der Waals surface area contributed by atoms with E-state index in [0.29, 0.717) is 35.8 Å². The second-order valence-corrected chi connectivity index (χ2v) is 7.28. The molecule has 0 radical (unpaired) electrons. The summed E-state index contributed by atoms with van der Waals surface area (Å²) in [7, 11) is 0. The van der Waals surface area contributed by atoms with Crippen LogP contribution < -0.4 is 0 Å². The van der Waals surface area contributed by atoms with Crippen molar-refractivity contribution in [2.75, 3.05) is 26.3 Å². The summed E-state index contributed by atoms with van der Waals surface area (Å²) in [6.45, 7) is 0.972. The Bertz CT molecular complexity index is 686. The van der Waals surface area contributed by atoms with Gasteiger partial charge in [-0.1, -0.05) is 29.8 Å². The van der Waals surface area contributed by atoms with Crippen LogP contribution in [0.1, 0.15) is 22.5 Å². The predicted octanol–water partition coefficient (Wildman–Crippen LogP) is 2.76. The Morgan fingerprint density at radius 2 is 1.86 bits per heavy atom. The Labute approximate surface area is 137 Å². The van der Waals surface area contributed by atoms with E-state index in [1.165, 1.54) is 11.3 Å². The van der Waals surface area contributed by atoms with Crippen LogP contribution in [0.15, 0.2) is 24.3 Å². The summed E-state index contributed by atoms with van der Waals surface area (Å²) < 4.78 is 1.01. The molecule has 0 aliphatic carbocycles. The summed E-state index contributed by atoms with van der Waals surface area (Å²) in [5.74, 6) is -0.0596. The fourth-order valence-electron chi connectivity index (χ4n) is 2.85. The highest BCUT2D eigenvalue weighted by Crippen LogP contribution is 2.37. The van der Waals surface area contributed by atoms with Crippen LogP contribution in [-0.4, -0.2) is 47.3 Å². The van der Waals surface area contributed by atoms with Crippen molar-refractivity contribution in [2.45, 2.75) is 12.8 Å². The van der Waals surface area contributed by atoms with Crippen LogP contribution in [0.4, 0.5) is 0 Å². The molecule has 1 fully saturated rings. The molecule has 0 saturated carbocycles. The van der Waals surface area contributed by atoms with Crippen LogP contribution in [0.2, 0.25) is 5.02 Å². The third-order valence-corrected chi connectivity index (χ3v) is 6.17. The van der Waals surface area contributed by atoms with Gasteiger partial charge in [-0.3, -0.25) is 4.79 Å². The highest BCUT2D eigenvalue weighted by Gasteiger charge is 2.36. The molecule has 1 amide bonds. The Balaban J connectivity index is 1.81. The molecule has 2 aromatic rings. The Morgan fingerprint density at radius 1 is 1.23 bits per heavy atom. The van der Waals surface area contributed by atoms with Crippen molar-refractivity contribution in [3.05, 3.63) is 34.2 Å². The summed E-state index contributed by atoms with van der Waals surface area (Å²) in [5, 5.41) is 20.3. The molecule has 2 heterocycles. The van der Waals surface area contributed by atoms with Gasteiger partial charge in [-0.15, -0.1) is 11.3 Å². The molecule has 118 valence electrons. The van der Waals surface area contributed by atoms with Gasteiger partial charge in [0, 0.05) is 28.6 Å². The fourth-order valence-corrected chi connectivity index (χ4v) is 4.33. The van der Waals surface area contributed by atoms with Crippen molar-refractivity contribution in [3.63, 3.8) is 0 Å². The maximum atomic E-state index is 12.7. The molecule has 0 bridgehead atoms. The number of carbonyl (C=O) groups excluding carboxylic acids is 1. The van der Waals surface area contributed by atoms with Crippen LogP contribution in [-0.2, 0) is 0 Å². The first-order valence-electron chi connectivity index (χ1n) is 7.28. The number of carbonyl (C=O) groups is 1. The van der Waals surface area contributed by atoms with E-state index < -0.39 is 5.41 Å². The first-order chi connectivity index (χ1) is 10.6. The number of halogens is 1. The average Bonchev–Trinajstić information content (AvgIpc) is 2.92. The van der Waals surface area contributed by atoms with Gasteiger partial charge in [0.05, 0.1) is 18.2 Å². The predicted molar refractivity (Wildman–Crippen MR) is 88.6 cm³/mol. The topological polar surface area (TPSA) is 60.8 Å². The summed E-state index contributed by atoms with van der Waals surface area (Å²) in [6.07, 6.45) is 1.21. The number of nitrogens with zero attached hydrogens (tertiary/aromatic N) is 1. The zero-order chi connectivity index (χ0) is 15.7. The van der Waals surface area contributed by atoms with Crippen molar-refractivity contribution in [2.24, 2.45) is 5.41 Å². The van der Waals surface area contributed by atoms with Gasteiger partial charge in [0.1, 0.15) is 4.88 Å². The van der Waals surface area contributed by atoms with Crippen molar-refractivity contribution in [3.8, 4) is 0 Å². The number of thiophene rings is 1. The van der Waals surface area contributed by atoms with Crippen LogP contribution in [0, 0.1) is 5.41 Å². The van der Waals surface area contributed by atoms with Gasteiger partial charge in [-0.05, 0) is 18.9 Å². The van der Waals surface area contributed by atoms with E-state index in [0.717, 1.165) is 10.1 Å². The fraction of sp³-hybridized carbons (Fsp3) is 0.438. The van der Waals surface area contributed by atoms with Crippen LogP contribution in [0.25, 0.3) is 10.1 Å². The molecule has 1 saturated heterocycles. The molecule has 0 atom stereocenters. The van der Waals surface area contributed by atoms with E-state index in [2.05, 4.69) is 0 Å². The zero-order valence-corrected chi connectivity index (χ0v) is 13.7. The van der Waals surface area contributed by atoms with Gasteiger partial charge < -0.3 is 15.1 Å². The molecule has 0 unspecified atom stereocenters. The third kappa shape index (κ3) is 2.63. The second-order valence-electron chi connectivity index (χ2n) is 5.85. The van der Waals surface area contributed by atoms with Crippen LogP contribution in [0.3, 0.4) is 0 Å². The standard InChI is InChI=1S/C16H18ClNO3S/c17-13-11-3-1-2-4-12(11)22-14(13)15(21)18-7-5-16(9-19,10-20)6-8-18/h1-4,19-20H,5-10H2. The van der Waals surface area contributed by atoms with E-state index in [1.807, 2.05) is 24.3 Å². The molecule has 2 N–H and O–H groups in total. The van der Waals surface area contributed by atoms with Crippen molar-refractivity contribution < 1.29 is 15.0 Å². The Morgan fingerprint density at radius 3 is 2.45 bits per heavy atom. The lowest BCUT2D eigenvalue weighted by atomic mass is 9.80. The second kappa shape index (κ2) is 6.16. The molecule has 4 nitrogen and oxygen atoms in total. The number of benzene rings is 1. The van der Waals surface area contributed by atoms with Gasteiger partial charge in [-0.2, -0.15) is 0 Å². The van der Waals surface area contributed by atoms with Gasteiger partial charge in [0.2, 0.25) is 0 Å². The number of aliphatic hydroxyl groups excluding tert-OH is 2. The lowest BCUT2D eigenvalue weighted by Gasteiger charge is -2.39. The lowest BCUT2D eigenvalue weighted by Crippen LogP contribution is -2.46. The third-order valence-electron chi connectivity index (χ3n) is 4.51. The lowest BCUT2D eigenvalue weighted by molar-refractivity contribution is 0.000834. The minimum Gasteiger partial charge on any atom is -0.396 e. The number of hydrogen-bond acceptors (Lipinski definition) is 4. The van der Waals surface area contributed by atoms with Gasteiger partial charge in [0.25, 0.3) is 5.91 Å². The number of piperidine rings is 1. The minimum absolute atomic E-state index is 0.0465. The molecular formula is C16H18ClNO3S. The van der Waals surface area contributed by atoms with E-state index in [9.17, 15) is 15.0 Å². The highest BCUT2D eigenvalue weighted by molar-refractivity contribution is 7.21. The molecule has 0 spiro atoms. The molecule has 6 heteroatoms. The van der Waals surface area contributed by atoms with E-state index in [4.69, 9.17) is 11.6 Å². The number of fused-ring (bicyclic) bond motifs is 1. The molecular weight excluding hydrogens is 322 g/mol. The Kier molecular flexibility index (Phi) is 4.41. The summed E-state index contributed by atoms with van der Waals surface area (Å²) in [4.78, 5) is 15.0. The molecule has 22 heavy (non-hydrogen) atoms. The summed E-state index contributed by atoms with van der Waals surface area (Å²) >= 11 is 7.78. The SMILES string of the molecule is O=C(c1sc2ccccc2c1Cl)N1CCC(CO)(CO)CC1. The van der Waals surface area contributed by atoms with Crippen molar-refractivity contribution in [1.82, 2.24) is 4.90 Å². The zero-order valence-electron chi connectivity index (χ0n) is 12.1. The quantitative estimate of drug-likeness (QED) is 0.904. The van der Waals surface area contributed by atoms with E-state index in [1.54, 1.807) is 4.90 Å². The maximum Gasteiger partial charge on any atom is 0.265 e. The van der Waals surface area contributed by atoms with Crippen LogP contribution >= 0.6 is 22.9 Å². The van der Waals surface area contributed by atoms with Crippen LogP contribution in [0.5, 0.6) is 0 Å². The summed E-state index contributed by atoms with van der Waals surface area (Å²) in [6, 6.07) is 7.72. The molecule has 1 aliphatic rings. The molecule has 1 aromatic heterocycles. The minimum atomic E-state index is -0.458. The highest BCUT2D eigenvalue weighted by atomic mass is 35.5. The van der Waals surface area contributed by atoms with Gasteiger partial charge in [0.15, 0.2) is 0 Å². The molecule has 3 rings (SSSR count).